The Kier molecular flexibility index (Phi) is 5.05. The molecule has 6 heteroatoms. The zero-order valence-electron chi connectivity index (χ0n) is 15.2. The molecule has 2 heterocycles. The molecule has 2 aliphatic heterocycles. The maximum absolute atomic E-state index is 12.5. The maximum atomic E-state index is 12.5. The van der Waals surface area contributed by atoms with E-state index in [0.717, 1.165) is 43.6 Å². The van der Waals surface area contributed by atoms with Crippen LogP contribution < -0.4 is 20.5 Å². The van der Waals surface area contributed by atoms with Crippen LogP contribution in [0.2, 0.25) is 0 Å². The third-order valence-electron chi connectivity index (χ3n) is 6.22. The summed E-state index contributed by atoms with van der Waals surface area (Å²) in [4.78, 5) is 12.5. The standard InChI is InChI=1S/C20H28N2O4/c21-16-3-1-2-14(16)10-19(23)22-12-20(6-8-24-9-7-20)15-4-5-17-18(11-15)26-13-25-17/h4-5,11,14,16H,1-3,6-10,12-13,21H2,(H,22,23)/t14-,16+/m0/s1. The highest BCUT2D eigenvalue weighted by molar-refractivity contribution is 5.76. The molecule has 0 unspecified atom stereocenters. The van der Waals surface area contributed by atoms with Crippen molar-refractivity contribution in [3.05, 3.63) is 23.8 Å². The van der Waals surface area contributed by atoms with Crippen LogP contribution in [0.3, 0.4) is 0 Å². The first-order valence-electron chi connectivity index (χ1n) is 9.66. The Morgan fingerprint density at radius 2 is 2.00 bits per heavy atom. The minimum atomic E-state index is -0.118. The van der Waals surface area contributed by atoms with Crippen molar-refractivity contribution in [2.45, 2.75) is 50.0 Å². The molecule has 1 saturated carbocycles. The molecule has 2 fully saturated rings. The van der Waals surface area contributed by atoms with E-state index in [-0.39, 0.29) is 24.2 Å². The van der Waals surface area contributed by atoms with E-state index in [1.807, 2.05) is 6.07 Å². The summed E-state index contributed by atoms with van der Waals surface area (Å²) in [6.07, 6.45) is 5.55. The van der Waals surface area contributed by atoms with Crippen LogP contribution in [-0.2, 0) is 14.9 Å². The summed E-state index contributed by atoms with van der Waals surface area (Å²) in [5.41, 5.74) is 7.18. The van der Waals surface area contributed by atoms with Crippen LogP contribution in [-0.4, -0.2) is 38.5 Å². The van der Waals surface area contributed by atoms with Gasteiger partial charge in [-0.3, -0.25) is 4.79 Å². The van der Waals surface area contributed by atoms with Gasteiger partial charge in [0.05, 0.1) is 0 Å². The summed E-state index contributed by atoms with van der Waals surface area (Å²) in [5, 5.41) is 3.18. The maximum Gasteiger partial charge on any atom is 0.231 e. The Morgan fingerprint density at radius 3 is 2.77 bits per heavy atom. The zero-order valence-corrected chi connectivity index (χ0v) is 15.2. The monoisotopic (exact) mass is 360 g/mol. The number of amides is 1. The number of hydrogen-bond acceptors (Lipinski definition) is 5. The fourth-order valence-electron chi connectivity index (χ4n) is 4.45. The number of ether oxygens (including phenoxy) is 3. The summed E-state index contributed by atoms with van der Waals surface area (Å²) in [6, 6.07) is 6.30. The third-order valence-corrected chi connectivity index (χ3v) is 6.22. The quantitative estimate of drug-likeness (QED) is 0.840. The van der Waals surface area contributed by atoms with Crippen molar-refractivity contribution in [3.8, 4) is 11.5 Å². The minimum absolute atomic E-state index is 0.110. The van der Waals surface area contributed by atoms with Gasteiger partial charge >= 0.3 is 0 Å². The molecule has 4 rings (SSSR count). The van der Waals surface area contributed by atoms with E-state index in [0.29, 0.717) is 32.1 Å². The molecule has 6 nitrogen and oxygen atoms in total. The molecule has 0 bridgehead atoms. The average Bonchev–Trinajstić information content (AvgIpc) is 3.29. The van der Waals surface area contributed by atoms with Crippen molar-refractivity contribution in [1.82, 2.24) is 5.32 Å². The second kappa shape index (κ2) is 7.45. The molecular formula is C20H28N2O4. The second-order valence-corrected chi connectivity index (χ2v) is 7.80. The van der Waals surface area contributed by atoms with E-state index < -0.39 is 0 Å². The fraction of sp³-hybridized carbons (Fsp3) is 0.650. The van der Waals surface area contributed by atoms with E-state index in [2.05, 4.69) is 17.4 Å². The van der Waals surface area contributed by atoms with Crippen molar-refractivity contribution in [3.63, 3.8) is 0 Å². The minimum Gasteiger partial charge on any atom is -0.454 e. The van der Waals surface area contributed by atoms with Gasteiger partial charge in [-0.2, -0.15) is 0 Å². The lowest BCUT2D eigenvalue weighted by Gasteiger charge is -2.38. The molecule has 26 heavy (non-hydrogen) atoms. The molecular weight excluding hydrogens is 332 g/mol. The van der Waals surface area contributed by atoms with E-state index >= 15 is 0 Å². The van der Waals surface area contributed by atoms with Crippen molar-refractivity contribution in [2.75, 3.05) is 26.6 Å². The molecule has 2 atom stereocenters. The highest BCUT2D eigenvalue weighted by atomic mass is 16.7. The largest absolute Gasteiger partial charge is 0.454 e. The van der Waals surface area contributed by atoms with Gasteiger partial charge in [0.2, 0.25) is 12.7 Å². The summed E-state index contributed by atoms with van der Waals surface area (Å²) in [6.45, 7) is 2.31. The topological polar surface area (TPSA) is 82.8 Å². The summed E-state index contributed by atoms with van der Waals surface area (Å²) in [5.74, 6) is 2.01. The van der Waals surface area contributed by atoms with Gasteiger partial charge < -0.3 is 25.3 Å². The van der Waals surface area contributed by atoms with Crippen LogP contribution in [0.1, 0.15) is 44.1 Å². The highest BCUT2D eigenvalue weighted by Gasteiger charge is 2.36. The van der Waals surface area contributed by atoms with Crippen LogP contribution in [0.15, 0.2) is 18.2 Å². The Hall–Kier alpha value is -1.79. The van der Waals surface area contributed by atoms with Crippen molar-refractivity contribution < 1.29 is 19.0 Å². The van der Waals surface area contributed by atoms with Gasteiger partial charge in [0.15, 0.2) is 11.5 Å². The van der Waals surface area contributed by atoms with Crippen LogP contribution >= 0.6 is 0 Å². The Morgan fingerprint density at radius 1 is 1.19 bits per heavy atom. The number of carbonyl (C=O) groups is 1. The van der Waals surface area contributed by atoms with Gasteiger partial charge in [0.1, 0.15) is 0 Å². The molecule has 0 radical (unpaired) electrons. The first-order chi connectivity index (χ1) is 12.7. The molecule has 1 aromatic carbocycles. The Balaban J connectivity index is 1.45. The number of nitrogens with two attached hydrogens (primary N) is 1. The predicted octanol–water partition coefficient (Wildman–Crippen LogP) is 2.10. The van der Waals surface area contributed by atoms with Gasteiger partial charge in [-0.05, 0) is 49.3 Å². The van der Waals surface area contributed by atoms with Crippen molar-refractivity contribution in [1.29, 1.82) is 0 Å². The molecule has 1 aliphatic carbocycles. The lowest BCUT2D eigenvalue weighted by Crippen LogP contribution is -2.45. The number of benzene rings is 1. The van der Waals surface area contributed by atoms with Crippen LogP contribution in [0.25, 0.3) is 0 Å². The lowest BCUT2D eigenvalue weighted by atomic mass is 9.74. The summed E-state index contributed by atoms with van der Waals surface area (Å²) in [7, 11) is 0. The van der Waals surface area contributed by atoms with Gasteiger partial charge in [0, 0.05) is 37.6 Å². The SMILES string of the molecule is N[C@@H]1CCC[C@H]1CC(=O)NCC1(c2ccc3c(c2)OCO3)CCOCC1. The normalized spacial score (nSPS) is 26.7. The number of nitrogens with one attached hydrogen (secondary N) is 1. The molecule has 3 N–H and O–H groups in total. The molecule has 142 valence electrons. The molecule has 0 aromatic heterocycles. The highest BCUT2D eigenvalue weighted by Crippen LogP contribution is 2.40. The number of fused-ring (bicyclic) bond motifs is 1. The number of rotatable bonds is 5. The third kappa shape index (κ3) is 3.53. The zero-order chi connectivity index (χ0) is 18.0. The van der Waals surface area contributed by atoms with Crippen LogP contribution in [0.4, 0.5) is 0 Å². The molecule has 1 amide bonds. The van der Waals surface area contributed by atoms with Crippen LogP contribution in [0.5, 0.6) is 11.5 Å². The number of hydrogen-bond donors (Lipinski definition) is 2. The second-order valence-electron chi connectivity index (χ2n) is 7.80. The van der Waals surface area contributed by atoms with Crippen LogP contribution in [0, 0.1) is 5.92 Å². The summed E-state index contributed by atoms with van der Waals surface area (Å²) >= 11 is 0. The van der Waals surface area contributed by atoms with E-state index in [9.17, 15) is 4.79 Å². The molecule has 1 aromatic rings. The fourth-order valence-corrected chi connectivity index (χ4v) is 4.45. The lowest BCUT2D eigenvalue weighted by molar-refractivity contribution is -0.122. The van der Waals surface area contributed by atoms with Crippen molar-refractivity contribution in [2.24, 2.45) is 11.7 Å². The van der Waals surface area contributed by atoms with Crippen molar-refractivity contribution >= 4 is 5.91 Å². The van der Waals surface area contributed by atoms with Gasteiger partial charge in [-0.15, -0.1) is 0 Å². The van der Waals surface area contributed by atoms with E-state index in [4.69, 9.17) is 19.9 Å². The van der Waals surface area contributed by atoms with Gasteiger partial charge in [0.25, 0.3) is 0 Å². The molecule has 0 spiro atoms. The van der Waals surface area contributed by atoms with Gasteiger partial charge in [-0.1, -0.05) is 12.5 Å². The smallest absolute Gasteiger partial charge is 0.231 e. The Bertz CT molecular complexity index is 657. The van der Waals surface area contributed by atoms with Gasteiger partial charge in [-0.25, -0.2) is 0 Å². The predicted molar refractivity (Wildman–Crippen MR) is 97.2 cm³/mol. The first kappa shape index (κ1) is 17.6. The van der Waals surface area contributed by atoms with E-state index in [1.54, 1.807) is 0 Å². The average molecular weight is 360 g/mol. The van der Waals surface area contributed by atoms with E-state index in [1.165, 1.54) is 5.56 Å². The first-order valence-corrected chi connectivity index (χ1v) is 9.66. The number of carbonyl (C=O) groups excluding carboxylic acids is 1. The molecule has 1 saturated heterocycles. The Labute approximate surface area is 154 Å². The molecule has 3 aliphatic rings. The summed E-state index contributed by atoms with van der Waals surface area (Å²) < 4.78 is 16.6.